The van der Waals surface area contributed by atoms with E-state index in [0.29, 0.717) is 22.8 Å². The first-order valence-electron chi connectivity index (χ1n) is 11.0. The second-order valence-electron chi connectivity index (χ2n) is 8.97. The Labute approximate surface area is 198 Å². The second-order valence-corrected chi connectivity index (χ2v) is 11.0. The first kappa shape index (κ1) is 22.4. The summed E-state index contributed by atoms with van der Waals surface area (Å²) in [6.45, 7) is 0.918. The molecule has 34 heavy (non-hydrogen) atoms. The Balaban J connectivity index is 1.47. The summed E-state index contributed by atoms with van der Waals surface area (Å²) in [5, 5.41) is 9.16. The number of aromatic nitrogens is 3. The third kappa shape index (κ3) is 3.92. The first-order valence-corrected chi connectivity index (χ1v) is 12.9. The lowest BCUT2D eigenvalue weighted by Crippen LogP contribution is -2.29. The zero-order valence-electron chi connectivity index (χ0n) is 19.0. The molecule has 0 unspecified atom stereocenters. The number of fused-ring (bicyclic) bond motifs is 2. The minimum absolute atomic E-state index is 0.0707. The number of carbonyl (C=O) groups is 1. The van der Waals surface area contributed by atoms with Crippen LogP contribution in [-0.4, -0.2) is 72.3 Å². The monoisotopic (exact) mass is 479 g/mol. The van der Waals surface area contributed by atoms with Crippen LogP contribution in [0, 0.1) is 0 Å². The average Bonchev–Trinajstić information content (AvgIpc) is 3.54. The molecule has 1 N–H and O–H groups in total. The van der Waals surface area contributed by atoms with Crippen LogP contribution in [0.25, 0.3) is 11.3 Å². The van der Waals surface area contributed by atoms with E-state index in [1.54, 1.807) is 19.4 Å². The van der Waals surface area contributed by atoms with E-state index in [1.165, 1.54) is 28.8 Å². The smallest absolute Gasteiger partial charge is 0.253 e. The summed E-state index contributed by atoms with van der Waals surface area (Å²) in [5.41, 5.74) is 3.84. The van der Waals surface area contributed by atoms with Crippen LogP contribution in [0.15, 0.2) is 53.8 Å². The van der Waals surface area contributed by atoms with Crippen LogP contribution in [-0.2, 0) is 15.3 Å². The number of aliphatic hydroxyl groups excluding tert-OH is 1. The molecule has 9 nitrogen and oxygen atoms in total. The van der Waals surface area contributed by atoms with E-state index in [1.807, 2.05) is 23.1 Å². The summed E-state index contributed by atoms with van der Waals surface area (Å²) in [7, 11) is -1.68. The number of pyridine rings is 1. The van der Waals surface area contributed by atoms with E-state index >= 15 is 0 Å². The summed E-state index contributed by atoms with van der Waals surface area (Å²) >= 11 is 0. The van der Waals surface area contributed by atoms with Crippen LogP contribution in [0.5, 0.6) is 0 Å². The van der Waals surface area contributed by atoms with Gasteiger partial charge in [0.15, 0.2) is 9.84 Å². The molecule has 5 rings (SSSR count). The molecule has 0 bridgehead atoms. The van der Waals surface area contributed by atoms with Gasteiger partial charge in [-0.05, 0) is 42.7 Å². The van der Waals surface area contributed by atoms with Crippen molar-refractivity contribution in [3.63, 3.8) is 0 Å². The fraction of sp³-hybridized carbons (Fsp3) is 0.333. The third-order valence-electron chi connectivity index (χ3n) is 6.54. The number of sulfone groups is 1. The van der Waals surface area contributed by atoms with E-state index in [-0.39, 0.29) is 29.4 Å². The van der Waals surface area contributed by atoms with Gasteiger partial charge in [0.2, 0.25) is 5.95 Å². The number of benzene rings is 1. The van der Waals surface area contributed by atoms with Crippen LogP contribution in [0.2, 0.25) is 0 Å². The lowest BCUT2D eigenvalue weighted by Gasteiger charge is -2.19. The highest BCUT2D eigenvalue weighted by molar-refractivity contribution is 7.90. The summed E-state index contributed by atoms with van der Waals surface area (Å²) in [5.74, 6) is 0.364. The normalized spacial score (nSPS) is 15.9. The lowest BCUT2D eigenvalue weighted by atomic mass is 9.97. The number of rotatable bonds is 6. The molecule has 1 fully saturated rings. The van der Waals surface area contributed by atoms with Crippen molar-refractivity contribution in [2.24, 2.45) is 0 Å². The summed E-state index contributed by atoms with van der Waals surface area (Å²) in [6, 6.07) is 8.73. The predicted octanol–water partition coefficient (Wildman–Crippen LogP) is 2.19. The molecular weight excluding hydrogens is 454 g/mol. The highest BCUT2D eigenvalue weighted by Crippen LogP contribution is 2.57. The minimum atomic E-state index is -3.35. The molecule has 2 aliphatic rings. The zero-order chi connectivity index (χ0) is 24.1. The molecule has 1 aliphatic heterocycles. The summed E-state index contributed by atoms with van der Waals surface area (Å²) in [6.07, 6.45) is 8.05. The van der Waals surface area contributed by atoms with Gasteiger partial charge >= 0.3 is 0 Å². The molecule has 0 atom stereocenters. The maximum Gasteiger partial charge on any atom is 0.253 e. The Kier molecular flexibility index (Phi) is 5.37. The van der Waals surface area contributed by atoms with Crippen LogP contribution >= 0.6 is 0 Å². The molecule has 1 saturated carbocycles. The van der Waals surface area contributed by atoms with Gasteiger partial charge in [0.1, 0.15) is 0 Å². The van der Waals surface area contributed by atoms with Crippen molar-refractivity contribution in [1.82, 2.24) is 19.9 Å². The fourth-order valence-corrected chi connectivity index (χ4v) is 5.06. The molecule has 0 saturated heterocycles. The number of likely N-dealkylation sites (N-methyl/N-ethyl adjacent to an activating group) is 1. The third-order valence-corrected chi connectivity index (χ3v) is 7.65. The molecule has 1 amide bonds. The van der Waals surface area contributed by atoms with E-state index in [9.17, 15) is 13.2 Å². The average molecular weight is 480 g/mol. The number of aliphatic hydroxyl groups is 1. The van der Waals surface area contributed by atoms with E-state index in [0.717, 1.165) is 31.3 Å². The van der Waals surface area contributed by atoms with Gasteiger partial charge in [0, 0.05) is 67.2 Å². The van der Waals surface area contributed by atoms with Crippen molar-refractivity contribution < 1.29 is 18.3 Å². The zero-order valence-corrected chi connectivity index (χ0v) is 19.8. The molecule has 176 valence electrons. The molecule has 10 heteroatoms. The van der Waals surface area contributed by atoms with Crippen molar-refractivity contribution in [1.29, 1.82) is 0 Å². The topological polar surface area (TPSA) is 117 Å². The molecule has 1 aliphatic carbocycles. The van der Waals surface area contributed by atoms with Gasteiger partial charge in [-0.3, -0.25) is 9.78 Å². The van der Waals surface area contributed by atoms with Gasteiger partial charge in [0.05, 0.1) is 17.2 Å². The van der Waals surface area contributed by atoms with Gasteiger partial charge in [-0.25, -0.2) is 18.4 Å². The number of nitrogens with zero attached hydrogens (tertiary/aromatic N) is 5. The van der Waals surface area contributed by atoms with Crippen molar-refractivity contribution in [3.8, 4) is 11.3 Å². The van der Waals surface area contributed by atoms with Gasteiger partial charge < -0.3 is 14.9 Å². The van der Waals surface area contributed by atoms with Crippen LogP contribution in [0.1, 0.15) is 28.8 Å². The Morgan fingerprint density at radius 2 is 1.88 bits per heavy atom. The van der Waals surface area contributed by atoms with Crippen molar-refractivity contribution in [2.75, 3.05) is 37.9 Å². The van der Waals surface area contributed by atoms with E-state index < -0.39 is 9.84 Å². The number of amides is 1. The maximum atomic E-state index is 12.8. The molecule has 0 radical (unpaired) electrons. The predicted molar refractivity (Wildman–Crippen MR) is 127 cm³/mol. The SMILES string of the molecule is CN(CCO)C(=O)c1ccc2c(c1)N(c1ncc(-c3cc(S(C)(=O)=O)ccn3)cn1)CC21CC1. The number of hydrogen-bond acceptors (Lipinski definition) is 8. The molecule has 1 aromatic carbocycles. The van der Waals surface area contributed by atoms with E-state index in [4.69, 9.17) is 5.11 Å². The van der Waals surface area contributed by atoms with Crippen LogP contribution in [0.4, 0.5) is 11.6 Å². The standard InChI is InChI=1S/C24H25N5O4S/c1-28(9-10-30)22(31)16-3-4-19-21(11-16)29(15-24(19)6-7-24)23-26-13-17(14-27-23)20-12-18(5-8-25-20)34(2,32)33/h3-5,8,11-14,30H,6-7,9-10,15H2,1-2H3. The van der Waals surface area contributed by atoms with Crippen LogP contribution < -0.4 is 4.90 Å². The number of carbonyl (C=O) groups excluding carboxylic acids is 1. The Morgan fingerprint density at radius 1 is 1.15 bits per heavy atom. The summed E-state index contributed by atoms with van der Waals surface area (Å²) < 4.78 is 23.8. The molecule has 3 heterocycles. The highest BCUT2D eigenvalue weighted by Gasteiger charge is 2.52. The highest BCUT2D eigenvalue weighted by atomic mass is 32.2. The van der Waals surface area contributed by atoms with Crippen LogP contribution in [0.3, 0.4) is 0 Å². The minimum Gasteiger partial charge on any atom is -0.395 e. The van der Waals surface area contributed by atoms with Gasteiger partial charge in [-0.15, -0.1) is 0 Å². The van der Waals surface area contributed by atoms with Crippen molar-refractivity contribution >= 4 is 27.4 Å². The van der Waals surface area contributed by atoms with E-state index in [2.05, 4.69) is 15.0 Å². The maximum absolute atomic E-state index is 12.8. The molecular formula is C24H25N5O4S. The second kappa shape index (κ2) is 8.14. The van der Waals surface area contributed by atoms with Gasteiger partial charge in [-0.2, -0.15) is 0 Å². The number of anilines is 2. The quantitative estimate of drug-likeness (QED) is 0.572. The Bertz CT molecular complexity index is 1370. The first-order chi connectivity index (χ1) is 16.2. The van der Waals surface area contributed by atoms with Crippen molar-refractivity contribution in [2.45, 2.75) is 23.2 Å². The molecule has 1 spiro atoms. The van der Waals surface area contributed by atoms with Gasteiger partial charge in [0.25, 0.3) is 5.91 Å². The lowest BCUT2D eigenvalue weighted by molar-refractivity contribution is 0.0767. The number of hydrogen-bond donors (Lipinski definition) is 1. The molecule has 3 aromatic rings. The Morgan fingerprint density at radius 3 is 2.53 bits per heavy atom. The summed E-state index contributed by atoms with van der Waals surface area (Å²) in [4.78, 5) is 29.9. The fourth-order valence-electron chi connectivity index (χ4n) is 4.43. The molecule has 2 aromatic heterocycles. The van der Waals surface area contributed by atoms with Crippen molar-refractivity contribution in [3.05, 3.63) is 60.0 Å². The largest absolute Gasteiger partial charge is 0.395 e. The Hall–Kier alpha value is -3.37. The van der Waals surface area contributed by atoms with Gasteiger partial charge in [-0.1, -0.05) is 6.07 Å².